The van der Waals surface area contributed by atoms with E-state index in [0.29, 0.717) is 5.92 Å². The zero-order valence-electron chi connectivity index (χ0n) is 7.72. The SMILES string of the molecule is CC#CCCC(C)CC(C)O. The van der Waals surface area contributed by atoms with Gasteiger partial charge in [0.2, 0.25) is 0 Å². The fraction of sp³-hybridized carbons (Fsp3) is 0.800. The zero-order valence-corrected chi connectivity index (χ0v) is 7.72. The Morgan fingerprint density at radius 1 is 1.36 bits per heavy atom. The molecular weight excluding hydrogens is 136 g/mol. The topological polar surface area (TPSA) is 20.2 Å². The Morgan fingerprint density at radius 2 is 2.00 bits per heavy atom. The third kappa shape index (κ3) is 7.42. The van der Waals surface area contributed by atoms with Crippen LogP contribution in [0.15, 0.2) is 0 Å². The largest absolute Gasteiger partial charge is 0.393 e. The van der Waals surface area contributed by atoms with Gasteiger partial charge in [-0.05, 0) is 32.6 Å². The molecule has 0 aliphatic heterocycles. The summed E-state index contributed by atoms with van der Waals surface area (Å²) < 4.78 is 0. The lowest BCUT2D eigenvalue weighted by molar-refractivity contribution is 0.162. The molecule has 0 spiro atoms. The van der Waals surface area contributed by atoms with Crippen LogP contribution < -0.4 is 0 Å². The van der Waals surface area contributed by atoms with Crippen LogP contribution in [0.4, 0.5) is 0 Å². The molecule has 1 heteroatoms. The first-order valence-corrected chi connectivity index (χ1v) is 4.24. The molecule has 1 N–H and O–H groups in total. The second-order valence-corrected chi connectivity index (χ2v) is 3.16. The average molecular weight is 154 g/mol. The minimum Gasteiger partial charge on any atom is -0.393 e. The summed E-state index contributed by atoms with van der Waals surface area (Å²) in [5, 5.41) is 9.04. The van der Waals surface area contributed by atoms with Crippen LogP contribution in [0.3, 0.4) is 0 Å². The van der Waals surface area contributed by atoms with Crippen molar-refractivity contribution in [3.05, 3.63) is 0 Å². The van der Waals surface area contributed by atoms with Gasteiger partial charge in [0.15, 0.2) is 0 Å². The van der Waals surface area contributed by atoms with E-state index in [-0.39, 0.29) is 6.10 Å². The van der Waals surface area contributed by atoms with Crippen molar-refractivity contribution in [3.63, 3.8) is 0 Å². The maximum absolute atomic E-state index is 9.04. The van der Waals surface area contributed by atoms with Crippen LogP contribution >= 0.6 is 0 Å². The molecule has 0 saturated carbocycles. The number of aliphatic hydroxyl groups is 1. The highest BCUT2D eigenvalue weighted by Gasteiger charge is 2.04. The molecule has 0 aliphatic carbocycles. The zero-order chi connectivity index (χ0) is 8.69. The summed E-state index contributed by atoms with van der Waals surface area (Å²) in [6.45, 7) is 5.85. The molecule has 0 aromatic heterocycles. The molecule has 0 amide bonds. The van der Waals surface area contributed by atoms with Gasteiger partial charge in [-0.25, -0.2) is 0 Å². The van der Waals surface area contributed by atoms with Crippen molar-refractivity contribution in [1.82, 2.24) is 0 Å². The summed E-state index contributed by atoms with van der Waals surface area (Å²) in [4.78, 5) is 0. The van der Waals surface area contributed by atoms with E-state index in [4.69, 9.17) is 5.11 Å². The van der Waals surface area contributed by atoms with Crippen LogP contribution in [-0.2, 0) is 0 Å². The standard InChI is InChI=1S/C10H18O/c1-4-5-6-7-9(2)8-10(3)11/h9-11H,6-8H2,1-3H3. The predicted octanol–water partition coefficient (Wildman–Crippen LogP) is 2.20. The van der Waals surface area contributed by atoms with Crippen LogP contribution in [-0.4, -0.2) is 11.2 Å². The number of aliphatic hydroxyl groups excluding tert-OH is 1. The first kappa shape index (κ1) is 10.5. The van der Waals surface area contributed by atoms with Gasteiger partial charge in [0, 0.05) is 6.42 Å². The Bertz CT molecular complexity index is 139. The Hall–Kier alpha value is -0.480. The third-order valence-corrected chi connectivity index (χ3v) is 1.68. The van der Waals surface area contributed by atoms with Gasteiger partial charge < -0.3 is 5.11 Å². The van der Waals surface area contributed by atoms with Gasteiger partial charge in [0.25, 0.3) is 0 Å². The van der Waals surface area contributed by atoms with Crippen molar-refractivity contribution in [1.29, 1.82) is 0 Å². The van der Waals surface area contributed by atoms with Crippen molar-refractivity contribution in [2.24, 2.45) is 5.92 Å². The maximum Gasteiger partial charge on any atom is 0.0514 e. The monoisotopic (exact) mass is 154 g/mol. The number of rotatable bonds is 4. The molecule has 11 heavy (non-hydrogen) atoms. The molecule has 0 saturated heterocycles. The lowest BCUT2D eigenvalue weighted by Crippen LogP contribution is -2.06. The first-order valence-electron chi connectivity index (χ1n) is 4.24. The van der Waals surface area contributed by atoms with Crippen molar-refractivity contribution in [2.75, 3.05) is 0 Å². The molecule has 0 aliphatic rings. The summed E-state index contributed by atoms with van der Waals surface area (Å²) in [6.07, 6.45) is 2.79. The Kier molecular flexibility index (Phi) is 5.97. The van der Waals surface area contributed by atoms with Crippen molar-refractivity contribution in [2.45, 2.75) is 46.1 Å². The van der Waals surface area contributed by atoms with Crippen molar-refractivity contribution in [3.8, 4) is 11.8 Å². The normalized spacial score (nSPS) is 14.9. The fourth-order valence-corrected chi connectivity index (χ4v) is 1.14. The van der Waals surface area contributed by atoms with E-state index in [9.17, 15) is 0 Å². The van der Waals surface area contributed by atoms with E-state index >= 15 is 0 Å². The van der Waals surface area contributed by atoms with Crippen molar-refractivity contribution < 1.29 is 5.11 Å². The van der Waals surface area contributed by atoms with Gasteiger partial charge in [-0.15, -0.1) is 11.8 Å². The van der Waals surface area contributed by atoms with Crippen LogP contribution in [0.25, 0.3) is 0 Å². The molecule has 0 heterocycles. The average Bonchev–Trinajstić information content (AvgIpc) is 1.86. The van der Waals surface area contributed by atoms with E-state index in [1.165, 1.54) is 0 Å². The second-order valence-electron chi connectivity index (χ2n) is 3.16. The maximum atomic E-state index is 9.04. The van der Waals surface area contributed by atoms with Gasteiger partial charge >= 0.3 is 0 Å². The van der Waals surface area contributed by atoms with Crippen molar-refractivity contribution >= 4 is 0 Å². The number of hydrogen-bond acceptors (Lipinski definition) is 1. The Labute approximate surface area is 69.8 Å². The summed E-state index contributed by atoms with van der Waals surface area (Å²) in [7, 11) is 0. The molecule has 0 rings (SSSR count). The molecular formula is C10H18O. The highest BCUT2D eigenvalue weighted by molar-refractivity contribution is 4.94. The van der Waals surface area contributed by atoms with E-state index in [1.807, 2.05) is 13.8 Å². The second kappa shape index (κ2) is 6.24. The van der Waals surface area contributed by atoms with E-state index in [0.717, 1.165) is 19.3 Å². The number of hydrogen-bond donors (Lipinski definition) is 1. The highest BCUT2D eigenvalue weighted by atomic mass is 16.3. The van der Waals surface area contributed by atoms with E-state index < -0.39 is 0 Å². The lowest BCUT2D eigenvalue weighted by atomic mass is 9.99. The van der Waals surface area contributed by atoms with Crippen LogP contribution in [0.5, 0.6) is 0 Å². The van der Waals surface area contributed by atoms with Gasteiger partial charge in [0.1, 0.15) is 0 Å². The molecule has 0 radical (unpaired) electrons. The summed E-state index contributed by atoms with van der Waals surface area (Å²) in [6, 6.07) is 0. The minimum atomic E-state index is -0.167. The molecule has 1 nitrogen and oxygen atoms in total. The minimum absolute atomic E-state index is 0.167. The molecule has 2 unspecified atom stereocenters. The van der Waals surface area contributed by atoms with Crippen LogP contribution in [0, 0.1) is 17.8 Å². The van der Waals surface area contributed by atoms with E-state index in [1.54, 1.807) is 0 Å². The Balaban J connectivity index is 3.34. The molecule has 0 fully saturated rings. The molecule has 0 aromatic rings. The quantitative estimate of drug-likeness (QED) is 0.615. The lowest BCUT2D eigenvalue weighted by Gasteiger charge is -2.10. The van der Waals surface area contributed by atoms with E-state index in [2.05, 4.69) is 18.8 Å². The fourth-order valence-electron chi connectivity index (χ4n) is 1.14. The van der Waals surface area contributed by atoms with Gasteiger partial charge in [-0.1, -0.05) is 6.92 Å². The molecule has 64 valence electrons. The smallest absolute Gasteiger partial charge is 0.0514 e. The molecule has 0 bridgehead atoms. The van der Waals surface area contributed by atoms with Gasteiger partial charge in [0.05, 0.1) is 6.10 Å². The van der Waals surface area contributed by atoms with Gasteiger partial charge in [-0.3, -0.25) is 0 Å². The highest BCUT2D eigenvalue weighted by Crippen LogP contribution is 2.11. The first-order chi connectivity index (χ1) is 5.16. The predicted molar refractivity (Wildman–Crippen MR) is 48.1 cm³/mol. The Morgan fingerprint density at radius 3 is 2.45 bits per heavy atom. The van der Waals surface area contributed by atoms with Gasteiger partial charge in [-0.2, -0.15) is 0 Å². The summed E-state index contributed by atoms with van der Waals surface area (Å²) in [5.41, 5.74) is 0. The van der Waals surface area contributed by atoms with Crippen LogP contribution in [0.2, 0.25) is 0 Å². The van der Waals surface area contributed by atoms with Crippen LogP contribution in [0.1, 0.15) is 40.0 Å². The molecule has 2 atom stereocenters. The summed E-state index contributed by atoms with van der Waals surface area (Å²) in [5.74, 6) is 6.48. The summed E-state index contributed by atoms with van der Waals surface area (Å²) >= 11 is 0. The molecule has 0 aromatic carbocycles. The third-order valence-electron chi connectivity index (χ3n) is 1.68.